The van der Waals surface area contributed by atoms with Gasteiger partial charge in [0.05, 0.1) is 24.0 Å². The summed E-state index contributed by atoms with van der Waals surface area (Å²) in [7, 11) is 0. The van der Waals surface area contributed by atoms with Gasteiger partial charge in [-0.25, -0.2) is 0 Å². The zero-order valence-corrected chi connectivity index (χ0v) is 16.4. The van der Waals surface area contributed by atoms with Crippen LogP contribution in [0.1, 0.15) is 17.5 Å². The molecule has 7 heteroatoms. The summed E-state index contributed by atoms with van der Waals surface area (Å²) in [6.07, 6.45) is 0.834. The van der Waals surface area contributed by atoms with Crippen LogP contribution < -0.4 is 14.8 Å². The van der Waals surface area contributed by atoms with E-state index in [1.54, 1.807) is 0 Å². The van der Waals surface area contributed by atoms with Crippen molar-refractivity contribution in [3.8, 4) is 11.5 Å². The van der Waals surface area contributed by atoms with E-state index in [0.717, 1.165) is 17.5 Å². The van der Waals surface area contributed by atoms with Crippen LogP contribution >= 0.6 is 35.0 Å². The molecule has 1 aliphatic heterocycles. The van der Waals surface area contributed by atoms with Crippen LogP contribution in [0.3, 0.4) is 0 Å². The largest absolute Gasteiger partial charge is 0.489 e. The summed E-state index contributed by atoms with van der Waals surface area (Å²) in [6.45, 7) is 1.64. The predicted molar refractivity (Wildman–Crippen MR) is 107 cm³/mol. The van der Waals surface area contributed by atoms with Crippen molar-refractivity contribution >= 4 is 40.9 Å². The average molecular weight is 412 g/mol. The smallest absolute Gasteiger partial charge is 0.230 e. The molecule has 0 spiro atoms. The van der Waals surface area contributed by atoms with E-state index in [1.165, 1.54) is 11.8 Å². The topological polar surface area (TPSA) is 47.6 Å². The van der Waals surface area contributed by atoms with Crippen molar-refractivity contribution in [3.05, 3.63) is 57.6 Å². The number of carbonyl (C=O) groups is 1. The highest BCUT2D eigenvalue weighted by Gasteiger charge is 2.15. The van der Waals surface area contributed by atoms with Gasteiger partial charge in [-0.1, -0.05) is 41.4 Å². The van der Waals surface area contributed by atoms with Gasteiger partial charge in [0, 0.05) is 23.7 Å². The number of hydrogen-bond donors (Lipinski definition) is 1. The van der Waals surface area contributed by atoms with Crippen LogP contribution in [-0.2, 0) is 17.1 Å². The lowest BCUT2D eigenvalue weighted by atomic mass is 10.2. The van der Waals surface area contributed by atoms with Gasteiger partial charge in [-0.15, -0.1) is 11.8 Å². The number of thioether (sulfide) groups is 1. The van der Waals surface area contributed by atoms with Gasteiger partial charge in [-0.3, -0.25) is 4.79 Å². The van der Waals surface area contributed by atoms with Crippen LogP contribution in [-0.4, -0.2) is 24.9 Å². The van der Waals surface area contributed by atoms with Crippen molar-refractivity contribution < 1.29 is 14.3 Å². The van der Waals surface area contributed by atoms with Gasteiger partial charge in [0.15, 0.2) is 11.5 Å². The molecule has 0 saturated heterocycles. The van der Waals surface area contributed by atoms with Crippen LogP contribution in [0, 0.1) is 0 Å². The fraction of sp³-hybridized carbons (Fsp3) is 0.316. The maximum atomic E-state index is 12.0. The molecule has 1 heterocycles. The first-order valence-corrected chi connectivity index (χ1v) is 10.2. The molecular formula is C19H19Cl2NO3S. The molecule has 1 N–H and O–H groups in total. The Kier molecular flexibility index (Phi) is 6.94. The lowest BCUT2D eigenvalue weighted by molar-refractivity contribution is -0.118. The highest BCUT2D eigenvalue weighted by Crippen LogP contribution is 2.38. The molecule has 2 aromatic carbocycles. The number of halogens is 2. The quantitative estimate of drug-likeness (QED) is 0.747. The van der Waals surface area contributed by atoms with Gasteiger partial charge in [0.1, 0.15) is 0 Å². The third-order valence-corrected chi connectivity index (χ3v) is 5.45. The number of nitrogens with one attached hydrogen (secondary N) is 1. The number of hydrogen-bond acceptors (Lipinski definition) is 4. The molecule has 1 aliphatic rings. The van der Waals surface area contributed by atoms with Crippen LogP contribution in [0.4, 0.5) is 0 Å². The first-order valence-electron chi connectivity index (χ1n) is 8.29. The molecule has 4 nitrogen and oxygen atoms in total. The summed E-state index contributed by atoms with van der Waals surface area (Å²) >= 11 is 13.9. The number of carbonyl (C=O) groups excluding carboxylic acids is 1. The maximum absolute atomic E-state index is 12.0. The molecule has 26 heavy (non-hydrogen) atoms. The standard InChI is InChI=1S/C19H19Cl2NO3S/c20-15-5-2-1-4-14(15)10-22-18(23)12-26-11-13-8-16(21)19-17(9-13)24-6-3-7-25-19/h1-2,4-5,8-9H,3,6-7,10-12H2,(H,22,23). The van der Waals surface area contributed by atoms with E-state index in [-0.39, 0.29) is 5.91 Å². The second-order valence-electron chi connectivity index (χ2n) is 5.82. The van der Waals surface area contributed by atoms with E-state index < -0.39 is 0 Å². The summed E-state index contributed by atoms with van der Waals surface area (Å²) in [5.41, 5.74) is 1.91. The summed E-state index contributed by atoms with van der Waals surface area (Å²) in [5.74, 6) is 2.27. The molecule has 0 atom stereocenters. The van der Waals surface area contributed by atoms with E-state index in [0.29, 0.717) is 52.8 Å². The van der Waals surface area contributed by atoms with Crippen LogP contribution in [0.25, 0.3) is 0 Å². The molecule has 0 aromatic heterocycles. The summed E-state index contributed by atoms with van der Waals surface area (Å²) in [6, 6.07) is 11.3. The van der Waals surface area contributed by atoms with E-state index in [9.17, 15) is 4.79 Å². The molecule has 0 radical (unpaired) electrons. The Morgan fingerprint density at radius 1 is 1.12 bits per heavy atom. The molecule has 0 unspecified atom stereocenters. The molecule has 0 fully saturated rings. The van der Waals surface area contributed by atoms with Gasteiger partial charge in [0.2, 0.25) is 5.91 Å². The second-order valence-corrected chi connectivity index (χ2v) is 7.62. The number of benzene rings is 2. The van der Waals surface area contributed by atoms with Crippen molar-refractivity contribution in [1.29, 1.82) is 0 Å². The summed E-state index contributed by atoms with van der Waals surface area (Å²) < 4.78 is 11.3. The zero-order chi connectivity index (χ0) is 18.4. The van der Waals surface area contributed by atoms with Crippen LogP contribution in [0.2, 0.25) is 10.0 Å². The lowest BCUT2D eigenvalue weighted by Gasteiger charge is -2.11. The molecule has 3 rings (SSSR count). The number of ether oxygens (including phenoxy) is 2. The molecule has 0 aliphatic carbocycles. The Labute approximate surface area is 167 Å². The summed E-state index contributed by atoms with van der Waals surface area (Å²) in [4.78, 5) is 12.0. The number of amides is 1. The van der Waals surface area contributed by atoms with E-state index in [1.807, 2.05) is 36.4 Å². The Morgan fingerprint density at radius 2 is 1.92 bits per heavy atom. The average Bonchev–Trinajstić information content (AvgIpc) is 2.87. The second kappa shape index (κ2) is 9.40. The maximum Gasteiger partial charge on any atom is 0.230 e. The van der Waals surface area contributed by atoms with Gasteiger partial charge >= 0.3 is 0 Å². The molecule has 2 aromatic rings. The van der Waals surface area contributed by atoms with Gasteiger partial charge in [-0.2, -0.15) is 0 Å². The van der Waals surface area contributed by atoms with Gasteiger partial charge in [-0.05, 0) is 29.3 Å². The molecule has 0 saturated carbocycles. The fourth-order valence-corrected chi connectivity index (χ4v) is 3.80. The Hall–Kier alpha value is -1.56. The molecule has 0 bridgehead atoms. The Balaban J connectivity index is 1.48. The van der Waals surface area contributed by atoms with Crippen molar-refractivity contribution in [2.45, 2.75) is 18.7 Å². The van der Waals surface area contributed by atoms with Crippen LogP contribution in [0.5, 0.6) is 11.5 Å². The van der Waals surface area contributed by atoms with Crippen molar-refractivity contribution in [3.63, 3.8) is 0 Å². The minimum Gasteiger partial charge on any atom is -0.489 e. The molecule has 138 valence electrons. The normalized spacial score (nSPS) is 13.2. The highest BCUT2D eigenvalue weighted by atomic mass is 35.5. The first kappa shape index (κ1) is 19.2. The lowest BCUT2D eigenvalue weighted by Crippen LogP contribution is -2.24. The predicted octanol–water partition coefficient (Wildman–Crippen LogP) is 4.70. The van der Waals surface area contributed by atoms with E-state index in [4.69, 9.17) is 32.7 Å². The van der Waals surface area contributed by atoms with Gasteiger partial charge in [0.25, 0.3) is 0 Å². The monoisotopic (exact) mass is 411 g/mol. The number of fused-ring (bicyclic) bond motifs is 1. The van der Waals surface area contributed by atoms with Crippen molar-refractivity contribution in [2.75, 3.05) is 19.0 Å². The SMILES string of the molecule is O=C(CSCc1cc(Cl)c2c(c1)OCCCO2)NCc1ccccc1Cl. The number of rotatable bonds is 6. The Morgan fingerprint density at radius 3 is 2.77 bits per heavy atom. The third-order valence-electron chi connectivity index (χ3n) is 3.80. The summed E-state index contributed by atoms with van der Waals surface area (Å²) in [5, 5.41) is 4.08. The Bertz CT molecular complexity index is 785. The third kappa shape index (κ3) is 5.22. The van der Waals surface area contributed by atoms with Crippen molar-refractivity contribution in [2.24, 2.45) is 0 Å². The fourth-order valence-electron chi connectivity index (χ4n) is 2.52. The minimum atomic E-state index is -0.0321. The highest BCUT2D eigenvalue weighted by molar-refractivity contribution is 7.99. The molecule has 1 amide bonds. The van der Waals surface area contributed by atoms with E-state index in [2.05, 4.69) is 5.32 Å². The zero-order valence-electron chi connectivity index (χ0n) is 14.1. The van der Waals surface area contributed by atoms with Gasteiger partial charge < -0.3 is 14.8 Å². The van der Waals surface area contributed by atoms with Crippen molar-refractivity contribution in [1.82, 2.24) is 5.32 Å². The van der Waals surface area contributed by atoms with Crippen LogP contribution in [0.15, 0.2) is 36.4 Å². The first-order chi connectivity index (χ1) is 12.6. The molecular weight excluding hydrogens is 393 g/mol. The van der Waals surface area contributed by atoms with E-state index >= 15 is 0 Å². The minimum absolute atomic E-state index is 0.0321.